The molecule has 1 N–H and O–H groups in total. The molecule has 0 saturated carbocycles. The summed E-state index contributed by atoms with van der Waals surface area (Å²) < 4.78 is 0. The molecule has 0 aliphatic heterocycles. The predicted molar refractivity (Wildman–Crippen MR) is 70.9 cm³/mol. The second kappa shape index (κ2) is 5.48. The second-order valence-electron chi connectivity index (χ2n) is 4.34. The lowest BCUT2D eigenvalue weighted by Crippen LogP contribution is -2.23. The molecule has 0 aliphatic rings. The highest BCUT2D eigenvalue weighted by atomic mass is 16.6. The van der Waals surface area contributed by atoms with Crippen LogP contribution in [0.1, 0.15) is 20.8 Å². The van der Waals surface area contributed by atoms with Crippen molar-refractivity contribution in [1.82, 2.24) is 0 Å². The molecule has 1 aromatic rings. The molecular weight excluding hydrogens is 234 g/mol. The molecule has 1 rings (SSSR count). The van der Waals surface area contributed by atoms with E-state index in [4.69, 9.17) is 0 Å². The van der Waals surface area contributed by atoms with E-state index in [9.17, 15) is 14.9 Å². The van der Waals surface area contributed by atoms with Gasteiger partial charge in [0.15, 0.2) is 0 Å². The maximum Gasteiger partial charge on any atom is 0.294 e. The Hall–Kier alpha value is -2.11. The van der Waals surface area contributed by atoms with Gasteiger partial charge in [0.2, 0.25) is 5.91 Å². The van der Waals surface area contributed by atoms with Crippen molar-refractivity contribution in [2.75, 3.05) is 17.3 Å². The number of nitrogens with one attached hydrogen (secondary N) is 1. The molecule has 98 valence electrons. The normalized spacial score (nSPS) is 10.3. The molecule has 0 spiro atoms. The van der Waals surface area contributed by atoms with Gasteiger partial charge in [0.25, 0.3) is 5.69 Å². The number of nitro benzene ring substituents is 1. The highest BCUT2D eigenvalue weighted by Gasteiger charge is 2.17. The van der Waals surface area contributed by atoms with Crippen LogP contribution in [0.3, 0.4) is 0 Å². The number of nitrogens with zero attached hydrogens (tertiary/aromatic N) is 2. The molecular formula is C12H17N3O3. The van der Waals surface area contributed by atoms with Crippen molar-refractivity contribution in [2.24, 2.45) is 0 Å². The number of carbonyl (C=O) groups is 1. The summed E-state index contributed by atoms with van der Waals surface area (Å²) in [5.74, 6) is -0.172. The monoisotopic (exact) mass is 251 g/mol. The summed E-state index contributed by atoms with van der Waals surface area (Å²) in [6.07, 6.45) is 0. The fourth-order valence-corrected chi connectivity index (χ4v) is 1.49. The third kappa shape index (κ3) is 3.19. The van der Waals surface area contributed by atoms with E-state index in [2.05, 4.69) is 5.32 Å². The highest BCUT2D eigenvalue weighted by molar-refractivity contribution is 5.91. The standard InChI is InChI=1S/C12H17N3O3/c1-8(2)13-11-6-5-10(14(4)9(3)16)7-12(11)15(17)18/h5-8,13H,1-4H3. The second-order valence-corrected chi connectivity index (χ2v) is 4.34. The Morgan fingerprint density at radius 3 is 2.50 bits per heavy atom. The number of anilines is 2. The Balaban J connectivity index is 3.18. The van der Waals surface area contributed by atoms with Gasteiger partial charge in [0.1, 0.15) is 5.69 Å². The van der Waals surface area contributed by atoms with E-state index >= 15 is 0 Å². The van der Waals surface area contributed by atoms with Crippen molar-refractivity contribution >= 4 is 23.0 Å². The summed E-state index contributed by atoms with van der Waals surface area (Å²) in [5, 5.41) is 14.0. The number of rotatable bonds is 4. The van der Waals surface area contributed by atoms with Crippen molar-refractivity contribution < 1.29 is 9.72 Å². The van der Waals surface area contributed by atoms with Crippen LogP contribution in [0.2, 0.25) is 0 Å². The minimum Gasteiger partial charge on any atom is -0.377 e. The van der Waals surface area contributed by atoms with Crippen molar-refractivity contribution in [2.45, 2.75) is 26.8 Å². The first-order valence-electron chi connectivity index (χ1n) is 5.62. The molecule has 0 bridgehead atoms. The number of carbonyl (C=O) groups excluding carboxylic acids is 1. The van der Waals surface area contributed by atoms with Gasteiger partial charge in [-0.3, -0.25) is 14.9 Å². The maximum atomic E-state index is 11.2. The van der Waals surface area contributed by atoms with Gasteiger partial charge in [-0.05, 0) is 26.0 Å². The van der Waals surface area contributed by atoms with Crippen LogP contribution in [0.25, 0.3) is 0 Å². The number of amides is 1. The van der Waals surface area contributed by atoms with Crippen LogP contribution in [0.5, 0.6) is 0 Å². The van der Waals surface area contributed by atoms with Gasteiger partial charge in [-0.25, -0.2) is 0 Å². The number of hydrogen-bond donors (Lipinski definition) is 1. The van der Waals surface area contributed by atoms with Gasteiger partial charge in [-0.2, -0.15) is 0 Å². The summed E-state index contributed by atoms with van der Waals surface area (Å²) in [6, 6.07) is 4.79. The number of nitro groups is 1. The zero-order valence-corrected chi connectivity index (χ0v) is 10.9. The van der Waals surface area contributed by atoms with E-state index < -0.39 is 4.92 Å². The summed E-state index contributed by atoms with van der Waals surface area (Å²) in [7, 11) is 1.58. The average molecular weight is 251 g/mol. The van der Waals surface area contributed by atoms with Crippen molar-refractivity contribution in [3.63, 3.8) is 0 Å². The molecule has 6 nitrogen and oxygen atoms in total. The van der Waals surface area contributed by atoms with Crippen LogP contribution in [-0.2, 0) is 4.79 Å². The van der Waals surface area contributed by atoms with E-state index in [0.717, 1.165) is 0 Å². The van der Waals surface area contributed by atoms with Crippen molar-refractivity contribution in [3.05, 3.63) is 28.3 Å². The topological polar surface area (TPSA) is 75.5 Å². The van der Waals surface area contributed by atoms with Crippen molar-refractivity contribution in [3.8, 4) is 0 Å². The summed E-state index contributed by atoms with van der Waals surface area (Å²) in [5.41, 5.74) is 0.925. The highest BCUT2D eigenvalue weighted by Crippen LogP contribution is 2.29. The Morgan fingerprint density at radius 1 is 1.44 bits per heavy atom. The van der Waals surface area contributed by atoms with Crippen molar-refractivity contribution in [1.29, 1.82) is 0 Å². The molecule has 0 aromatic heterocycles. The Morgan fingerprint density at radius 2 is 2.06 bits per heavy atom. The summed E-state index contributed by atoms with van der Waals surface area (Å²) >= 11 is 0. The van der Waals surface area contributed by atoms with Crippen LogP contribution in [0, 0.1) is 10.1 Å². The van der Waals surface area contributed by atoms with Crippen LogP contribution >= 0.6 is 0 Å². The van der Waals surface area contributed by atoms with Crippen LogP contribution in [-0.4, -0.2) is 23.9 Å². The maximum absolute atomic E-state index is 11.2. The Bertz CT molecular complexity index is 472. The predicted octanol–water partition coefficient (Wildman–Crippen LogP) is 2.40. The first-order chi connectivity index (χ1) is 8.32. The molecule has 0 atom stereocenters. The minimum atomic E-state index is -0.456. The fourth-order valence-electron chi connectivity index (χ4n) is 1.49. The van der Waals surface area contributed by atoms with E-state index in [1.165, 1.54) is 17.9 Å². The summed E-state index contributed by atoms with van der Waals surface area (Å²) in [6.45, 7) is 5.21. The zero-order valence-electron chi connectivity index (χ0n) is 10.9. The third-order valence-corrected chi connectivity index (χ3v) is 2.48. The quantitative estimate of drug-likeness (QED) is 0.658. The van der Waals surface area contributed by atoms with E-state index in [1.54, 1.807) is 19.2 Å². The average Bonchev–Trinajstić information content (AvgIpc) is 2.27. The van der Waals surface area contributed by atoms with Crippen LogP contribution < -0.4 is 10.2 Å². The van der Waals surface area contributed by atoms with Gasteiger partial charge in [-0.1, -0.05) is 0 Å². The Kier molecular flexibility index (Phi) is 4.25. The van der Waals surface area contributed by atoms with Gasteiger partial charge in [0.05, 0.1) is 10.6 Å². The zero-order chi connectivity index (χ0) is 13.9. The molecule has 1 amide bonds. The van der Waals surface area contributed by atoms with Gasteiger partial charge < -0.3 is 10.2 Å². The molecule has 0 fully saturated rings. The smallest absolute Gasteiger partial charge is 0.294 e. The lowest BCUT2D eigenvalue weighted by Gasteiger charge is -2.16. The molecule has 0 aliphatic carbocycles. The lowest BCUT2D eigenvalue weighted by atomic mass is 10.2. The van der Waals surface area contributed by atoms with Crippen LogP contribution in [0.15, 0.2) is 18.2 Å². The van der Waals surface area contributed by atoms with E-state index in [-0.39, 0.29) is 17.6 Å². The molecule has 0 unspecified atom stereocenters. The van der Waals surface area contributed by atoms with Gasteiger partial charge >= 0.3 is 0 Å². The molecule has 18 heavy (non-hydrogen) atoms. The van der Waals surface area contributed by atoms with E-state index in [1.807, 2.05) is 13.8 Å². The first-order valence-corrected chi connectivity index (χ1v) is 5.62. The van der Waals surface area contributed by atoms with Gasteiger partial charge in [-0.15, -0.1) is 0 Å². The van der Waals surface area contributed by atoms with Gasteiger partial charge in [0, 0.05) is 26.1 Å². The minimum absolute atomic E-state index is 0.0331. The molecule has 0 saturated heterocycles. The number of benzene rings is 1. The SMILES string of the molecule is CC(=O)N(C)c1ccc(NC(C)C)c([N+](=O)[O-])c1. The lowest BCUT2D eigenvalue weighted by molar-refractivity contribution is -0.383. The van der Waals surface area contributed by atoms with E-state index in [0.29, 0.717) is 11.4 Å². The number of hydrogen-bond acceptors (Lipinski definition) is 4. The molecule has 1 aromatic carbocycles. The van der Waals surface area contributed by atoms with Crippen LogP contribution in [0.4, 0.5) is 17.1 Å². The molecule has 0 heterocycles. The third-order valence-electron chi connectivity index (χ3n) is 2.48. The fraction of sp³-hybridized carbons (Fsp3) is 0.417. The Labute approximate surface area is 106 Å². The largest absolute Gasteiger partial charge is 0.377 e. The molecule has 6 heteroatoms. The summed E-state index contributed by atoms with van der Waals surface area (Å²) in [4.78, 5) is 23.1. The molecule has 0 radical (unpaired) electrons. The first kappa shape index (κ1) is 14.0.